The number of ether oxygens (including phenoxy) is 1. The first-order chi connectivity index (χ1) is 9.08. The lowest BCUT2D eigenvalue weighted by Gasteiger charge is -2.11. The van der Waals surface area contributed by atoms with E-state index >= 15 is 0 Å². The minimum absolute atomic E-state index is 0.221. The average molecular weight is 286 g/mol. The summed E-state index contributed by atoms with van der Waals surface area (Å²) in [6, 6.07) is 0. The molecule has 6 heteroatoms. The van der Waals surface area contributed by atoms with Crippen LogP contribution in [0.2, 0.25) is 5.15 Å². The Morgan fingerprint density at radius 2 is 2.11 bits per heavy atom. The van der Waals surface area contributed by atoms with Crippen molar-refractivity contribution in [3.05, 3.63) is 16.5 Å². The van der Waals surface area contributed by atoms with E-state index in [0.717, 1.165) is 24.2 Å². The summed E-state index contributed by atoms with van der Waals surface area (Å²) in [6.45, 7) is 6.57. The summed E-state index contributed by atoms with van der Waals surface area (Å²) in [5.41, 5.74) is 0.797. The van der Waals surface area contributed by atoms with Gasteiger partial charge in [-0.15, -0.1) is 0 Å². The third kappa shape index (κ3) is 5.03. The van der Waals surface area contributed by atoms with Crippen molar-refractivity contribution in [2.45, 2.75) is 40.0 Å². The maximum absolute atomic E-state index is 11.2. The molecule has 1 aromatic rings. The van der Waals surface area contributed by atoms with Crippen molar-refractivity contribution in [1.82, 2.24) is 9.97 Å². The second-order valence-electron chi connectivity index (χ2n) is 4.14. The Morgan fingerprint density at radius 3 is 2.74 bits per heavy atom. The lowest BCUT2D eigenvalue weighted by molar-refractivity contribution is -0.142. The van der Waals surface area contributed by atoms with E-state index in [-0.39, 0.29) is 5.97 Å². The van der Waals surface area contributed by atoms with Gasteiger partial charge >= 0.3 is 5.97 Å². The largest absolute Gasteiger partial charge is 0.466 e. The van der Waals surface area contributed by atoms with Crippen LogP contribution in [0.3, 0.4) is 0 Å². The molecular weight excluding hydrogens is 266 g/mol. The van der Waals surface area contributed by atoms with Crippen molar-refractivity contribution < 1.29 is 9.53 Å². The highest BCUT2D eigenvalue weighted by Crippen LogP contribution is 2.20. The Morgan fingerprint density at radius 1 is 1.37 bits per heavy atom. The van der Waals surface area contributed by atoms with Gasteiger partial charge in [0.25, 0.3) is 0 Å². The number of esters is 1. The fraction of sp³-hybridized carbons (Fsp3) is 0.615. The first kappa shape index (κ1) is 15.7. The van der Waals surface area contributed by atoms with Gasteiger partial charge in [0.2, 0.25) is 0 Å². The number of anilines is 1. The summed E-state index contributed by atoms with van der Waals surface area (Å²) in [5.74, 6) is 1.19. The Kier molecular flexibility index (Phi) is 6.56. The Balaban J connectivity index is 2.64. The molecule has 0 amide bonds. The van der Waals surface area contributed by atoms with Gasteiger partial charge in [0.1, 0.15) is 16.8 Å². The number of nitrogens with zero attached hydrogens (tertiary/aromatic N) is 2. The van der Waals surface area contributed by atoms with Gasteiger partial charge in [-0.1, -0.05) is 18.5 Å². The molecule has 0 bridgehead atoms. The fourth-order valence-corrected chi connectivity index (χ4v) is 1.74. The normalized spacial score (nSPS) is 10.3. The summed E-state index contributed by atoms with van der Waals surface area (Å²) < 4.78 is 4.86. The van der Waals surface area contributed by atoms with Crippen LogP contribution in [-0.4, -0.2) is 29.1 Å². The first-order valence-electron chi connectivity index (χ1n) is 6.51. The fourth-order valence-electron chi connectivity index (χ4n) is 1.56. The highest BCUT2D eigenvalue weighted by molar-refractivity contribution is 6.30. The molecule has 0 fully saturated rings. The predicted octanol–water partition coefficient (Wildman–Crippen LogP) is 2.76. The molecule has 0 aromatic carbocycles. The third-order valence-electron chi connectivity index (χ3n) is 2.53. The number of carbonyl (C=O) groups is 1. The number of hydrogen-bond donors (Lipinski definition) is 1. The van der Waals surface area contributed by atoms with Crippen LogP contribution in [0, 0.1) is 6.92 Å². The minimum atomic E-state index is -0.221. The Labute approximate surface area is 118 Å². The zero-order chi connectivity index (χ0) is 14.3. The van der Waals surface area contributed by atoms with Gasteiger partial charge in [-0.3, -0.25) is 4.79 Å². The van der Waals surface area contributed by atoms with Crippen LogP contribution in [0.15, 0.2) is 0 Å². The zero-order valence-electron chi connectivity index (χ0n) is 11.6. The second kappa shape index (κ2) is 7.94. The molecular formula is C13H20ClN3O2. The van der Waals surface area contributed by atoms with Crippen LogP contribution >= 0.6 is 11.6 Å². The Hall–Kier alpha value is -1.36. The molecule has 1 aromatic heterocycles. The molecule has 1 rings (SSSR count). The SMILES string of the molecule is CCCc1nc(Cl)c(C)c(NCCC(=O)OCC)n1. The van der Waals surface area contributed by atoms with Gasteiger partial charge in [-0.25, -0.2) is 9.97 Å². The molecule has 0 saturated heterocycles. The van der Waals surface area contributed by atoms with E-state index < -0.39 is 0 Å². The number of rotatable bonds is 7. The monoisotopic (exact) mass is 285 g/mol. The average Bonchev–Trinajstić information content (AvgIpc) is 2.35. The minimum Gasteiger partial charge on any atom is -0.466 e. The van der Waals surface area contributed by atoms with E-state index in [1.165, 1.54) is 0 Å². The van der Waals surface area contributed by atoms with Crippen LogP contribution in [-0.2, 0) is 16.0 Å². The van der Waals surface area contributed by atoms with Crippen LogP contribution in [0.4, 0.5) is 5.82 Å². The van der Waals surface area contributed by atoms with E-state index in [1.54, 1.807) is 6.92 Å². The van der Waals surface area contributed by atoms with Crippen molar-refractivity contribution in [3.63, 3.8) is 0 Å². The number of nitrogens with one attached hydrogen (secondary N) is 1. The molecule has 0 saturated carbocycles. The smallest absolute Gasteiger partial charge is 0.307 e. The molecule has 1 heterocycles. The lowest BCUT2D eigenvalue weighted by Crippen LogP contribution is -2.13. The van der Waals surface area contributed by atoms with E-state index in [9.17, 15) is 4.79 Å². The predicted molar refractivity (Wildman–Crippen MR) is 75.5 cm³/mol. The molecule has 19 heavy (non-hydrogen) atoms. The molecule has 1 N–H and O–H groups in total. The maximum Gasteiger partial charge on any atom is 0.307 e. The quantitative estimate of drug-likeness (QED) is 0.616. The van der Waals surface area contributed by atoms with E-state index in [4.69, 9.17) is 16.3 Å². The molecule has 0 spiro atoms. The van der Waals surface area contributed by atoms with Gasteiger partial charge in [0.15, 0.2) is 0 Å². The topological polar surface area (TPSA) is 64.1 Å². The summed E-state index contributed by atoms with van der Waals surface area (Å²) in [5, 5.41) is 3.56. The van der Waals surface area contributed by atoms with Crippen LogP contribution < -0.4 is 5.32 Å². The summed E-state index contributed by atoms with van der Waals surface area (Å²) in [7, 11) is 0. The first-order valence-corrected chi connectivity index (χ1v) is 6.88. The second-order valence-corrected chi connectivity index (χ2v) is 4.49. The van der Waals surface area contributed by atoms with Gasteiger partial charge in [-0.05, 0) is 20.3 Å². The number of aromatic nitrogens is 2. The van der Waals surface area contributed by atoms with Crippen LogP contribution in [0.1, 0.15) is 38.1 Å². The molecule has 0 atom stereocenters. The molecule has 0 radical (unpaired) electrons. The highest BCUT2D eigenvalue weighted by atomic mass is 35.5. The highest BCUT2D eigenvalue weighted by Gasteiger charge is 2.09. The van der Waals surface area contributed by atoms with Crippen LogP contribution in [0.5, 0.6) is 0 Å². The van der Waals surface area contributed by atoms with Crippen molar-refractivity contribution in [1.29, 1.82) is 0 Å². The number of hydrogen-bond acceptors (Lipinski definition) is 5. The summed E-state index contributed by atoms with van der Waals surface area (Å²) in [6.07, 6.45) is 2.05. The molecule has 0 aliphatic heterocycles. The molecule has 106 valence electrons. The van der Waals surface area contributed by atoms with Gasteiger partial charge in [-0.2, -0.15) is 0 Å². The maximum atomic E-state index is 11.2. The number of carbonyl (C=O) groups excluding carboxylic acids is 1. The van der Waals surface area contributed by atoms with Gasteiger partial charge in [0, 0.05) is 18.5 Å². The van der Waals surface area contributed by atoms with Crippen molar-refractivity contribution >= 4 is 23.4 Å². The molecule has 0 aliphatic carbocycles. The molecule has 5 nitrogen and oxygen atoms in total. The number of aryl methyl sites for hydroxylation is 1. The molecule has 0 aliphatic rings. The van der Waals surface area contributed by atoms with E-state index in [2.05, 4.69) is 22.2 Å². The summed E-state index contributed by atoms with van der Waals surface area (Å²) >= 11 is 6.06. The Bertz CT molecular complexity index is 438. The van der Waals surface area contributed by atoms with Crippen molar-refractivity contribution in [2.24, 2.45) is 0 Å². The van der Waals surface area contributed by atoms with Crippen molar-refractivity contribution in [3.8, 4) is 0 Å². The van der Waals surface area contributed by atoms with E-state index in [0.29, 0.717) is 30.5 Å². The zero-order valence-corrected chi connectivity index (χ0v) is 12.4. The van der Waals surface area contributed by atoms with E-state index in [1.807, 2.05) is 6.92 Å². The number of halogens is 1. The van der Waals surface area contributed by atoms with Gasteiger partial charge < -0.3 is 10.1 Å². The molecule has 0 unspecified atom stereocenters. The van der Waals surface area contributed by atoms with Crippen LogP contribution in [0.25, 0.3) is 0 Å². The third-order valence-corrected chi connectivity index (χ3v) is 2.90. The van der Waals surface area contributed by atoms with Gasteiger partial charge in [0.05, 0.1) is 13.0 Å². The standard InChI is InChI=1S/C13H20ClN3O2/c1-4-6-10-16-12(14)9(3)13(17-10)15-8-7-11(18)19-5-2/h4-8H2,1-3H3,(H,15,16,17). The van der Waals surface area contributed by atoms with Crippen molar-refractivity contribution in [2.75, 3.05) is 18.5 Å². The lowest BCUT2D eigenvalue weighted by atomic mass is 10.3. The summed E-state index contributed by atoms with van der Waals surface area (Å²) in [4.78, 5) is 19.9.